The van der Waals surface area contributed by atoms with Crippen molar-refractivity contribution in [1.29, 1.82) is 0 Å². The molecule has 1 unspecified atom stereocenters. The number of nitrogens with two attached hydrogens (primary N) is 1. The first-order valence-corrected chi connectivity index (χ1v) is 5.35. The molecule has 2 N–H and O–H groups in total. The number of ether oxygens (including phenoxy) is 3. The van der Waals surface area contributed by atoms with Crippen LogP contribution in [0.4, 0.5) is 0 Å². The molecule has 4 nitrogen and oxygen atoms in total. The van der Waals surface area contributed by atoms with E-state index in [0.717, 1.165) is 11.5 Å². The van der Waals surface area contributed by atoms with Crippen LogP contribution in [0.5, 0.6) is 11.5 Å². The van der Waals surface area contributed by atoms with Gasteiger partial charge in [0, 0.05) is 6.54 Å². The summed E-state index contributed by atoms with van der Waals surface area (Å²) >= 11 is 0. The smallest absolute Gasteiger partial charge is 0.161 e. The first kappa shape index (κ1) is 12.8. The van der Waals surface area contributed by atoms with E-state index in [9.17, 15) is 0 Å². The molecule has 4 heteroatoms. The lowest BCUT2D eigenvalue weighted by molar-refractivity contribution is 0.0491. The zero-order valence-corrected chi connectivity index (χ0v) is 9.81. The van der Waals surface area contributed by atoms with Gasteiger partial charge < -0.3 is 19.9 Å². The standard InChI is InChI=1S/C12H19NO3/c1-10(9-13)15-7-8-16-12-6-4-3-5-11(12)14-2/h3-6,10H,7-9,13H2,1-2H3. The Kier molecular flexibility index (Phi) is 5.67. The summed E-state index contributed by atoms with van der Waals surface area (Å²) in [5, 5.41) is 0. The van der Waals surface area contributed by atoms with Crippen molar-refractivity contribution < 1.29 is 14.2 Å². The molecule has 0 aliphatic rings. The van der Waals surface area contributed by atoms with Gasteiger partial charge in [0.25, 0.3) is 0 Å². The fraction of sp³-hybridized carbons (Fsp3) is 0.500. The van der Waals surface area contributed by atoms with Gasteiger partial charge in [0.1, 0.15) is 6.61 Å². The minimum Gasteiger partial charge on any atom is -0.493 e. The Morgan fingerprint density at radius 1 is 1.19 bits per heavy atom. The van der Waals surface area contributed by atoms with Crippen LogP contribution in [0.15, 0.2) is 24.3 Å². The minimum atomic E-state index is 0.0706. The average Bonchev–Trinajstić information content (AvgIpc) is 2.34. The molecule has 1 rings (SSSR count). The zero-order chi connectivity index (χ0) is 11.8. The van der Waals surface area contributed by atoms with Crippen LogP contribution >= 0.6 is 0 Å². The van der Waals surface area contributed by atoms with E-state index in [1.165, 1.54) is 0 Å². The number of benzene rings is 1. The van der Waals surface area contributed by atoms with E-state index in [1.807, 2.05) is 31.2 Å². The van der Waals surface area contributed by atoms with E-state index in [0.29, 0.717) is 19.8 Å². The monoisotopic (exact) mass is 225 g/mol. The fourth-order valence-corrected chi connectivity index (χ4v) is 1.21. The van der Waals surface area contributed by atoms with Gasteiger partial charge in [-0.1, -0.05) is 12.1 Å². The maximum absolute atomic E-state index is 5.53. The summed E-state index contributed by atoms with van der Waals surface area (Å²) < 4.78 is 16.1. The molecule has 0 heterocycles. The molecule has 0 amide bonds. The van der Waals surface area contributed by atoms with Crippen LogP contribution in [0.1, 0.15) is 6.92 Å². The molecular formula is C12H19NO3. The molecule has 0 fully saturated rings. The van der Waals surface area contributed by atoms with E-state index < -0.39 is 0 Å². The molecule has 0 aromatic heterocycles. The van der Waals surface area contributed by atoms with Crippen molar-refractivity contribution in [3.8, 4) is 11.5 Å². The van der Waals surface area contributed by atoms with Gasteiger partial charge in [-0.05, 0) is 19.1 Å². The molecule has 0 aliphatic carbocycles. The Morgan fingerprint density at radius 2 is 1.88 bits per heavy atom. The van der Waals surface area contributed by atoms with E-state index in [4.69, 9.17) is 19.9 Å². The van der Waals surface area contributed by atoms with Crippen molar-refractivity contribution in [3.05, 3.63) is 24.3 Å². The average molecular weight is 225 g/mol. The van der Waals surface area contributed by atoms with Crippen molar-refractivity contribution in [1.82, 2.24) is 0 Å². The second-order valence-corrected chi connectivity index (χ2v) is 3.42. The molecule has 1 atom stereocenters. The van der Waals surface area contributed by atoms with Crippen LogP contribution < -0.4 is 15.2 Å². The lowest BCUT2D eigenvalue weighted by atomic mass is 10.3. The van der Waals surface area contributed by atoms with Crippen molar-refractivity contribution in [2.75, 3.05) is 26.9 Å². The lowest BCUT2D eigenvalue weighted by Gasteiger charge is -2.12. The van der Waals surface area contributed by atoms with Crippen molar-refractivity contribution in [3.63, 3.8) is 0 Å². The lowest BCUT2D eigenvalue weighted by Crippen LogP contribution is -2.22. The molecular weight excluding hydrogens is 206 g/mol. The molecule has 0 saturated carbocycles. The van der Waals surface area contributed by atoms with Crippen molar-refractivity contribution in [2.45, 2.75) is 13.0 Å². The summed E-state index contributed by atoms with van der Waals surface area (Å²) in [5.41, 5.74) is 5.43. The molecule has 0 aliphatic heterocycles. The number of para-hydroxylation sites is 2. The van der Waals surface area contributed by atoms with Gasteiger partial charge in [0.15, 0.2) is 11.5 Å². The highest BCUT2D eigenvalue weighted by atomic mass is 16.5. The molecule has 16 heavy (non-hydrogen) atoms. The number of methoxy groups -OCH3 is 1. The Hall–Kier alpha value is -1.26. The SMILES string of the molecule is COc1ccccc1OCCOC(C)CN. The maximum atomic E-state index is 5.53. The largest absolute Gasteiger partial charge is 0.493 e. The molecule has 90 valence electrons. The van der Waals surface area contributed by atoms with E-state index in [2.05, 4.69) is 0 Å². The second-order valence-electron chi connectivity index (χ2n) is 3.42. The first-order chi connectivity index (χ1) is 7.77. The number of hydrogen-bond donors (Lipinski definition) is 1. The number of rotatable bonds is 7. The maximum Gasteiger partial charge on any atom is 0.161 e. The summed E-state index contributed by atoms with van der Waals surface area (Å²) in [6.45, 7) is 3.47. The topological polar surface area (TPSA) is 53.7 Å². The zero-order valence-electron chi connectivity index (χ0n) is 9.81. The first-order valence-electron chi connectivity index (χ1n) is 5.35. The third-order valence-corrected chi connectivity index (χ3v) is 2.14. The van der Waals surface area contributed by atoms with Crippen LogP contribution in [-0.4, -0.2) is 33.0 Å². The normalized spacial score (nSPS) is 12.2. The van der Waals surface area contributed by atoms with Crippen molar-refractivity contribution >= 4 is 0 Å². The van der Waals surface area contributed by atoms with Gasteiger partial charge in [-0.3, -0.25) is 0 Å². The summed E-state index contributed by atoms with van der Waals surface area (Å²) in [4.78, 5) is 0. The molecule has 0 bridgehead atoms. The highest BCUT2D eigenvalue weighted by molar-refractivity contribution is 5.39. The van der Waals surface area contributed by atoms with Crippen LogP contribution in [-0.2, 0) is 4.74 Å². The van der Waals surface area contributed by atoms with E-state index in [1.54, 1.807) is 7.11 Å². The second kappa shape index (κ2) is 7.09. The molecule has 1 aromatic carbocycles. The Morgan fingerprint density at radius 3 is 2.50 bits per heavy atom. The molecule has 1 aromatic rings. The Bertz CT molecular complexity index is 304. The summed E-state index contributed by atoms with van der Waals surface area (Å²) in [6.07, 6.45) is 0.0706. The van der Waals surface area contributed by atoms with Crippen LogP contribution in [0, 0.1) is 0 Å². The van der Waals surface area contributed by atoms with Gasteiger partial charge in [-0.15, -0.1) is 0 Å². The molecule has 0 spiro atoms. The fourth-order valence-electron chi connectivity index (χ4n) is 1.21. The van der Waals surface area contributed by atoms with Crippen LogP contribution in [0.2, 0.25) is 0 Å². The van der Waals surface area contributed by atoms with Gasteiger partial charge in [-0.2, -0.15) is 0 Å². The molecule has 0 saturated heterocycles. The highest BCUT2D eigenvalue weighted by Gasteiger charge is 2.03. The quantitative estimate of drug-likeness (QED) is 0.713. The Balaban J connectivity index is 2.31. The van der Waals surface area contributed by atoms with Gasteiger partial charge in [0.05, 0.1) is 19.8 Å². The van der Waals surface area contributed by atoms with Crippen molar-refractivity contribution in [2.24, 2.45) is 5.73 Å². The van der Waals surface area contributed by atoms with Gasteiger partial charge in [0.2, 0.25) is 0 Å². The summed E-state index contributed by atoms with van der Waals surface area (Å²) in [7, 11) is 1.62. The minimum absolute atomic E-state index is 0.0706. The third kappa shape index (κ3) is 4.08. The predicted octanol–water partition coefficient (Wildman–Crippen LogP) is 1.44. The Labute approximate surface area is 96.3 Å². The van der Waals surface area contributed by atoms with Crippen LogP contribution in [0.25, 0.3) is 0 Å². The predicted molar refractivity (Wildman–Crippen MR) is 63.0 cm³/mol. The van der Waals surface area contributed by atoms with E-state index >= 15 is 0 Å². The third-order valence-electron chi connectivity index (χ3n) is 2.14. The summed E-state index contributed by atoms with van der Waals surface area (Å²) in [5.74, 6) is 1.46. The van der Waals surface area contributed by atoms with Crippen LogP contribution in [0.3, 0.4) is 0 Å². The van der Waals surface area contributed by atoms with E-state index in [-0.39, 0.29) is 6.10 Å². The molecule has 0 radical (unpaired) electrons. The van der Waals surface area contributed by atoms with Gasteiger partial charge >= 0.3 is 0 Å². The number of hydrogen-bond acceptors (Lipinski definition) is 4. The highest BCUT2D eigenvalue weighted by Crippen LogP contribution is 2.25. The summed E-state index contributed by atoms with van der Waals surface area (Å²) in [6, 6.07) is 7.53. The van der Waals surface area contributed by atoms with Gasteiger partial charge in [-0.25, -0.2) is 0 Å².